The summed E-state index contributed by atoms with van der Waals surface area (Å²) in [5.74, 6) is 0.792. The van der Waals surface area contributed by atoms with E-state index in [1.54, 1.807) is 6.07 Å². The van der Waals surface area contributed by atoms with Crippen molar-refractivity contribution in [3.8, 4) is 0 Å². The molecule has 2 aromatic heterocycles. The first-order valence-electron chi connectivity index (χ1n) is 6.59. The Bertz CT molecular complexity index is 643. The number of rotatable bonds is 2. The van der Waals surface area contributed by atoms with Crippen LogP contribution in [-0.4, -0.2) is 14.6 Å². The Morgan fingerprint density at radius 2 is 2.10 bits per heavy atom. The summed E-state index contributed by atoms with van der Waals surface area (Å²) >= 11 is 0. The van der Waals surface area contributed by atoms with Crippen molar-refractivity contribution in [1.82, 2.24) is 14.6 Å². The molecule has 0 radical (unpaired) electrons. The van der Waals surface area contributed by atoms with E-state index in [-0.39, 0.29) is 17.4 Å². The van der Waals surface area contributed by atoms with Crippen LogP contribution in [0.4, 0.5) is 19.0 Å². The molecule has 7 heteroatoms. The summed E-state index contributed by atoms with van der Waals surface area (Å²) in [4.78, 5) is 4.17. The fourth-order valence-corrected chi connectivity index (χ4v) is 2.62. The molecule has 2 N–H and O–H groups in total. The summed E-state index contributed by atoms with van der Waals surface area (Å²) in [6.45, 7) is 1.99. The van der Waals surface area contributed by atoms with E-state index in [4.69, 9.17) is 5.73 Å². The van der Waals surface area contributed by atoms with Crippen molar-refractivity contribution in [2.24, 2.45) is 5.92 Å². The summed E-state index contributed by atoms with van der Waals surface area (Å²) in [6, 6.07) is 1.63. The van der Waals surface area contributed by atoms with Gasteiger partial charge in [-0.25, -0.2) is 4.98 Å². The number of nitrogens with two attached hydrogens (primary N) is 1. The summed E-state index contributed by atoms with van der Waals surface area (Å²) in [6.07, 6.45) is -0.331. The maximum absolute atomic E-state index is 12.9. The van der Waals surface area contributed by atoms with Crippen LogP contribution in [0.3, 0.4) is 0 Å². The minimum atomic E-state index is -4.47. The van der Waals surface area contributed by atoms with E-state index < -0.39 is 11.7 Å². The molecule has 1 atom stereocenters. The van der Waals surface area contributed by atoms with Gasteiger partial charge in [-0.2, -0.15) is 22.8 Å². The predicted octanol–water partition coefficient (Wildman–Crippen LogP) is 3.23. The Morgan fingerprint density at radius 3 is 2.65 bits per heavy atom. The Morgan fingerprint density at radius 1 is 1.40 bits per heavy atom. The smallest absolute Gasteiger partial charge is 0.384 e. The van der Waals surface area contributed by atoms with Crippen molar-refractivity contribution in [3.05, 3.63) is 23.5 Å². The van der Waals surface area contributed by atoms with Crippen molar-refractivity contribution >= 4 is 11.5 Å². The van der Waals surface area contributed by atoms with Crippen LogP contribution >= 0.6 is 0 Å². The summed E-state index contributed by atoms with van der Waals surface area (Å²) < 4.78 is 39.8. The molecule has 0 amide bonds. The molecule has 108 valence electrons. The highest BCUT2D eigenvalue weighted by molar-refractivity contribution is 5.54. The van der Waals surface area contributed by atoms with Gasteiger partial charge in [0, 0.05) is 17.7 Å². The van der Waals surface area contributed by atoms with Crippen molar-refractivity contribution in [2.75, 3.05) is 5.73 Å². The lowest BCUT2D eigenvalue weighted by molar-refractivity contribution is -0.136. The number of hydrogen-bond donors (Lipinski definition) is 1. The maximum Gasteiger partial charge on any atom is 0.421 e. The number of fused-ring (bicyclic) bond motifs is 1. The van der Waals surface area contributed by atoms with Gasteiger partial charge in [0.15, 0.2) is 5.65 Å². The third kappa shape index (κ3) is 2.01. The highest BCUT2D eigenvalue weighted by Gasteiger charge is 2.36. The van der Waals surface area contributed by atoms with E-state index in [1.807, 2.05) is 6.92 Å². The Hall–Kier alpha value is -1.79. The SMILES string of the molecule is CC(c1cc(N)n2ncc(C(F)(F)F)c2n1)C1CCC1. The van der Waals surface area contributed by atoms with Gasteiger partial charge < -0.3 is 5.73 Å². The standard InChI is InChI=1S/C13H15F3N4/c1-7(8-3-2-4-8)10-5-11(17)20-12(19-10)9(6-18-20)13(14,15)16/h5-8H,2-4,17H2,1H3. The Balaban J connectivity index is 2.11. The molecule has 0 saturated heterocycles. The van der Waals surface area contributed by atoms with Crippen molar-refractivity contribution < 1.29 is 13.2 Å². The molecule has 2 aromatic rings. The molecular weight excluding hydrogens is 269 g/mol. The first-order valence-corrected chi connectivity index (χ1v) is 6.59. The molecule has 1 saturated carbocycles. The second kappa shape index (κ2) is 4.36. The summed E-state index contributed by atoms with van der Waals surface area (Å²) in [5, 5.41) is 3.67. The van der Waals surface area contributed by atoms with E-state index in [9.17, 15) is 13.2 Å². The molecular formula is C13H15F3N4. The van der Waals surface area contributed by atoms with Crippen LogP contribution in [0.1, 0.15) is 43.4 Å². The van der Waals surface area contributed by atoms with Crippen molar-refractivity contribution in [2.45, 2.75) is 38.3 Å². The van der Waals surface area contributed by atoms with Crippen LogP contribution in [0.15, 0.2) is 12.3 Å². The van der Waals surface area contributed by atoms with Gasteiger partial charge in [0.1, 0.15) is 11.4 Å². The molecule has 4 nitrogen and oxygen atoms in total. The zero-order valence-corrected chi connectivity index (χ0v) is 11.0. The lowest BCUT2D eigenvalue weighted by atomic mass is 9.75. The van der Waals surface area contributed by atoms with Crippen LogP contribution in [-0.2, 0) is 6.18 Å². The largest absolute Gasteiger partial charge is 0.421 e. The summed E-state index contributed by atoms with van der Waals surface area (Å²) in [7, 11) is 0. The van der Waals surface area contributed by atoms with E-state index in [1.165, 1.54) is 6.42 Å². The average Bonchev–Trinajstić information content (AvgIpc) is 2.70. The first-order chi connectivity index (χ1) is 9.38. The number of nitrogen functional groups attached to an aromatic ring is 1. The van der Waals surface area contributed by atoms with Crippen LogP contribution in [0, 0.1) is 5.92 Å². The van der Waals surface area contributed by atoms with Gasteiger partial charge in [-0.1, -0.05) is 13.3 Å². The number of hydrogen-bond acceptors (Lipinski definition) is 3. The predicted molar refractivity (Wildman–Crippen MR) is 68.2 cm³/mol. The Kier molecular flexibility index (Phi) is 2.88. The third-order valence-electron chi connectivity index (χ3n) is 4.15. The van der Waals surface area contributed by atoms with Gasteiger partial charge in [0.05, 0.1) is 6.20 Å². The molecule has 0 aliphatic heterocycles. The molecule has 1 aliphatic carbocycles. The number of aromatic nitrogens is 3. The van der Waals surface area contributed by atoms with Crippen LogP contribution < -0.4 is 5.73 Å². The van der Waals surface area contributed by atoms with Crippen LogP contribution in [0.2, 0.25) is 0 Å². The molecule has 1 fully saturated rings. The van der Waals surface area contributed by atoms with Gasteiger partial charge >= 0.3 is 6.18 Å². The lowest BCUT2D eigenvalue weighted by Gasteiger charge is -2.31. The molecule has 0 spiro atoms. The average molecular weight is 284 g/mol. The fraction of sp³-hybridized carbons (Fsp3) is 0.538. The molecule has 2 heterocycles. The minimum Gasteiger partial charge on any atom is -0.384 e. The lowest BCUT2D eigenvalue weighted by Crippen LogP contribution is -2.20. The Labute approximate surface area is 113 Å². The quantitative estimate of drug-likeness (QED) is 0.921. The monoisotopic (exact) mass is 284 g/mol. The van der Waals surface area contributed by atoms with Crippen LogP contribution in [0.25, 0.3) is 5.65 Å². The highest BCUT2D eigenvalue weighted by atomic mass is 19.4. The van der Waals surface area contributed by atoms with E-state index in [0.717, 1.165) is 23.6 Å². The van der Waals surface area contributed by atoms with Gasteiger partial charge in [-0.3, -0.25) is 0 Å². The maximum atomic E-state index is 12.9. The topological polar surface area (TPSA) is 56.2 Å². The molecule has 0 bridgehead atoms. The van der Waals surface area contributed by atoms with Gasteiger partial charge in [0.2, 0.25) is 0 Å². The summed E-state index contributed by atoms with van der Waals surface area (Å²) in [5.41, 5.74) is 5.37. The van der Waals surface area contributed by atoms with E-state index >= 15 is 0 Å². The number of halogens is 3. The first kappa shape index (κ1) is 13.2. The van der Waals surface area contributed by atoms with Crippen molar-refractivity contribution in [1.29, 1.82) is 0 Å². The molecule has 0 aromatic carbocycles. The van der Waals surface area contributed by atoms with Gasteiger partial charge in [-0.15, -0.1) is 0 Å². The second-order valence-corrected chi connectivity index (χ2v) is 5.38. The number of anilines is 1. The number of alkyl halides is 3. The molecule has 1 unspecified atom stereocenters. The molecule has 20 heavy (non-hydrogen) atoms. The van der Waals surface area contributed by atoms with Crippen molar-refractivity contribution in [3.63, 3.8) is 0 Å². The zero-order chi connectivity index (χ0) is 14.5. The molecule has 3 rings (SSSR count). The number of nitrogens with zero attached hydrogens (tertiary/aromatic N) is 3. The third-order valence-corrected chi connectivity index (χ3v) is 4.15. The van der Waals surface area contributed by atoms with Gasteiger partial charge in [0.25, 0.3) is 0 Å². The molecule has 1 aliphatic rings. The highest BCUT2D eigenvalue weighted by Crippen LogP contribution is 2.39. The van der Waals surface area contributed by atoms with Crippen LogP contribution in [0.5, 0.6) is 0 Å². The fourth-order valence-electron chi connectivity index (χ4n) is 2.62. The zero-order valence-electron chi connectivity index (χ0n) is 11.0. The van der Waals surface area contributed by atoms with E-state index in [2.05, 4.69) is 10.1 Å². The van der Waals surface area contributed by atoms with E-state index in [0.29, 0.717) is 11.6 Å². The minimum absolute atomic E-state index is 0.118. The normalized spacial score (nSPS) is 18.2. The van der Waals surface area contributed by atoms with Gasteiger partial charge in [-0.05, 0) is 18.8 Å². The second-order valence-electron chi connectivity index (χ2n) is 5.38.